The van der Waals surface area contributed by atoms with Gasteiger partial charge in [0.25, 0.3) is 0 Å². The number of carbonyl (C=O) groups excluding carboxylic acids is 1. The summed E-state index contributed by atoms with van der Waals surface area (Å²) in [5.41, 5.74) is 1.10. The van der Waals surface area contributed by atoms with Gasteiger partial charge in [-0.2, -0.15) is 0 Å². The molecule has 3 nitrogen and oxygen atoms in total. The Kier molecular flexibility index (Phi) is 5.29. The molecule has 0 aliphatic rings. The van der Waals surface area contributed by atoms with Crippen molar-refractivity contribution in [1.29, 1.82) is 0 Å². The fourth-order valence-corrected chi connectivity index (χ4v) is 1.46. The van der Waals surface area contributed by atoms with Gasteiger partial charge >= 0.3 is 0 Å². The number of amides is 1. The lowest BCUT2D eigenvalue weighted by Crippen LogP contribution is -2.38. The number of allylic oxidation sites excluding steroid dienone is 1. The minimum atomic E-state index is -0.230. The first kappa shape index (κ1) is 12.5. The molecular formula is C13H17NO2. The maximum atomic E-state index is 11.3. The highest BCUT2D eigenvalue weighted by Crippen LogP contribution is 2.02. The molecule has 0 saturated heterocycles. The minimum absolute atomic E-state index is 0.0574. The minimum Gasteiger partial charge on any atom is -0.394 e. The predicted molar refractivity (Wildman–Crippen MR) is 64.0 cm³/mol. The molecule has 0 heterocycles. The van der Waals surface area contributed by atoms with Crippen LogP contribution in [0.1, 0.15) is 12.5 Å². The molecule has 0 spiro atoms. The summed E-state index contributed by atoms with van der Waals surface area (Å²) >= 11 is 0. The number of hydrogen-bond donors (Lipinski definition) is 2. The third-order valence-corrected chi connectivity index (χ3v) is 2.21. The van der Waals surface area contributed by atoms with Crippen LogP contribution < -0.4 is 5.32 Å². The van der Waals surface area contributed by atoms with Crippen LogP contribution in [0, 0.1) is 0 Å². The summed E-state index contributed by atoms with van der Waals surface area (Å²) in [5, 5.41) is 11.9. The zero-order chi connectivity index (χ0) is 11.8. The number of carbonyl (C=O) groups is 1. The first-order chi connectivity index (χ1) is 7.76. The molecule has 0 aliphatic carbocycles. The second kappa shape index (κ2) is 6.80. The standard InChI is InChI=1S/C13H17NO2/c1-2-6-13(16)14-12(10-15)9-11-7-4-3-5-8-11/h2-8,12,15H,9-10H2,1H3,(H,14,16). The van der Waals surface area contributed by atoms with Crippen LogP contribution in [-0.4, -0.2) is 23.7 Å². The van der Waals surface area contributed by atoms with Gasteiger partial charge in [-0.3, -0.25) is 4.79 Å². The summed E-state index contributed by atoms with van der Waals surface area (Å²) in [6.45, 7) is 1.73. The number of aliphatic hydroxyl groups is 1. The van der Waals surface area contributed by atoms with Crippen LogP contribution in [-0.2, 0) is 11.2 Å². The molecule has 16 heavy (non-hydrogen) atoms. The molecule has 0 bridgehead atoms. The second-order valence-corrected chi connectivity index (χ2v) is 3.58. The molecule has 0 radical (unpaired) electrons. The maximum Gasteiger partial charge on any atom is 0.243 e. The first-order valence-electron chi connectivity index (χ1n) is 5.34. The van der Waals surface area contributed by atoms with Gasteiger partial charge in [0, 0.05) is 0 Å². The van der Waals surface area contributed by atoms with Gasteiger partial charge in [0.05, 0.1) is 12.6 Å². The smallest absolute Gasteiger partial charge is 0.243 e. The molecule has 1 aromatic rings. The molecule has 0 aromatic heterocycles. The average molecular weight is 219 g/mol. The second-order valence-electron chi connectivity index (χ2n) is 3.58. The van der Waals surface area contributed by atoms with E-state index in [1.165, 1.54) is 6.08 Å². The Morgan fingerprint density at radius 2 is 2.12 bits per heavy atom. The fourth-order valence-electron chi connectivity index (χ4n) is 1.46. The monoisotopic (exact) mass is 219 g/mol. The lowest BCUT2D eigenvalue weighted by Gasteiger charge is -2.15. The van der Waals surface area contributed by atoms with Gasteiger partial charge in [0.1, 0.15) is 0 Å². The van der Waals surface area contributed by atoms with Gasteiger partial charge in [-0.05, 0) is 25.0 Å². The Bertz CT molecular complexity index is 346. The van der Waals surface area contributed by atoms with Gasteiger partial charge < -0.3 is 10.4 Å². The average Bonchev–Trinajstić information content (AvgIpc) is 2.30. The van der Waals surface area contributed by atoms with Crippen LogP contribution in [0.15, 0.2) is 42.5 Å². The molecule has 0 saturated carbocycles. The molecule has 2 N–H and O–H groups in total. The lowest BCUT2D eigenvalue weighted by molar-refractivity contribution is -0.117. The van der Waals surface area contributed by atoms with E-state index >= 15 is 0 Å². The highest BCUT2D eigenvalue weighted by Gasteiger charge is 2.09. The Morgan fingerprint density at radius 1 is 1.44 bits per heavy atom. The summed E-state index contributed by atoms with van der Waals surface area (Å²) < 4.78 is 0. The predicted octanol–water partition coefficient (Wildman–Crippen LogP) is 1.28. The van der Waals surface area contributed by atoms with Gasteiger partial charge in [-0.1, -0.05) is 36.4 Å². The van der Waals surface area contributed by atoms with Crippen molar-refractivity contribution in [3.05, 3.63) is 48.0 Å². The molecule has 3 heteroatoms. The number of aliphatic hydroxyl groups excluding tert-OH is 1. The third-order valence-electron chi connectivity index (χ3n) is 2.21. The third kappa shape index (κ3) is 4.28. The van der Waals surface area contributed by atoms with Crippen LogP contribution in [0.2, 0.25) is 0 Å². The van der Waals surface area contributed by atoms with Gasteiger partial charge in [-0.15, -0.1) is 0 Å². The maximum absolute atomic E-state index is 11.3. The molecule has 86 valence electrons. The number of benzene rings is 1. The molecule has 0 aliphatic heterocycles. The summed E-state index contributed by atoms with van der Waals surface area (Å²) in [5.74, 6) is -0.169. The van der Waals surface area contributed by atoms with Crippen LogP contribution in [0.4, 0.5) is 0 Å². The molecule has 1 aromatic carbocycles. The Hall–Kier alpha value is -1.61. The van der Waals surface area contributed by atoms with Crippen molar-refractivity contribution in [3.8, 4) is 0 Å². The lowest BCUT2D eigenvalue weighted by atomic mass is 10.1. The van der Waals surface area contributed by atoms with E-state index < -0.39 is 0 Å². The first-order valence-corrected chi connectivity index (χ1v) is 5.34. The number of hydrogen-bond acceptors (Lipinski definition) is 2. The summed E-state index contributed by atoms with van der Waals surface area (Å²) in [6.07, 6.45) is 3.76. The Morgan fingerprint density at radius 3 is 2.69 bits per heavy atom. The van der Waals surface area contributed by atoms with E-state index in [4.69, 9.17) is 5.11 Å². The van der Waals surface area contributed by atoms with E-state index in [2.05, 4.69) is 5.32 Å². The van der Waals surface area contributed by atoms with E-state index in [1.807, 2.05) is 30.3 Å². The van der Waals surface area contributed by atoms with Crippen LogP contribution in [0.5, 0.6) is 0 Å². The summed E-state index contributed by atoms with van der Waals surface area (Å²) in [6, 6.07) is 9.55. The fraction of sp³-hybridized carbons (Fsp3) is 0.308. The number of rotatable bonds is 5. The van der Waals surface area contributed by atoms with Gasteiger partial charge in [-0.25, -0.2) is 0 Å². The van der Waals surface area contributed by atoms with Crippen molar-refractivity contribution >= 4 is 5.91 Å². The van der Waals surface area contributed by atoms with E-state index in [-0.39, 0.29) is 18.6 Å². The summed E-state index contributed by atoms with van der Waals surface area (Å²) in [4.78, 5) is 11.3. The number of nitrogens with one attached hydrogen (secondary N) is 1. The van der Waals surface area contributed by atoms with E-state index in [9.17, 15) is 4.79 Å². The van der Waals surface area contributed by atoms with Crippen molar-refractivity contribution in [2.75, 3.05) is 6.61 Å². The van der Waals surface area contributed by atoms with E-state index in [0.717, 1.165) is 5.56 Å². The topological polar surface area (TPSA) is 49.3 Å². The van der Waals surface area contributed by atoms with Gasteiger partial charge in [0.2, 0.25) is 5.91 Å². The van der Waals surface area contributed by atoms with Crippen molar-refractivity contribution in [2.24, 2.45) is 0 Å². The normalized spacial score (nSPS) is 12.6. The zero-order valence-electron chi connectivity index (χ0n) is 9.39. The Balaban J connectivity index is 2.53. The molecule has 1 atom stereocenters. The van der Waals surface area contributed by atoms with Crippen molar-refractivity contribution < 1.29 is 9.90 Å². The van der Waals surface area contributed by atoms with E-state index in [0.29, 0.717) is 6.42 Å². The van der Waals surface area contributed by atoms with Crippen molar-refractivity contribution in [2.45, 2.75) is 19.4 Å². The Labute approximate surface area is 95.8 Å². The highest BCUT2D eigenvalue weighted by atomic mass is 16.3. The molecule has 1 rings (SSSR count). The highest BCUT2D eigenvalue weighted by molar-refractivity contribution is 5.87. The molecular weight excluding hydrogens is 202 g/mol. The molecule has 1 unspecified atom stereocenters. The van der Waals surface area contributed by atoms with Crippen LogP contribution in [0.3, 0.4) is 0 Å². The summed E-state index contributed by atoms with van der Waals surface area (Å²) in [7, 11) is 0. The van der Waals surface area contributed by atoms with Crippen LogP contribution >= 0.6 is 0 Å². The van der Waals surface area contributed by atoms with Crippen molar-refractivity contribution in [1.82, 2.24) is 5.32 Å². The molecule has 0 fully saturated rings. The largest absolute Gasteiger partial charge is 0.394 e. The zero-order valence-corrected chi connectivity index (χ0v) is 9.39. The quantitative estimate of drug-likeness (QED) is 0.733. The molecule has 1 amide bonds. The van der Waals surface area contributed by atoms with E-state index in [1.54, 1.807) is 13.0 Å². The van der Waals surface area contributed by atoms with Gasteiger partial charge in [0.15, 0.2) is 0 Å². The SMILES string of the molecule is CC=CC(=O)NC(CO)Cc1ccccc1. The van der Waals surface area contributed by atoms with Crippen LogP contribution in [0.25, 0.3) is 0 Å². The van der Waals surface area contributed by atoms with Crippen molar-refractivity contribution in [3.63, 3.8) is 0 Å².